The second kappa shape index (κ2) is 9.49. The molecule has 7 rings (SSSR count). The number of halogens is 1. The molecule has 2 aromatic carbocycles. The van der Waals surface area contributed by atoms with Crippen LogP contribution in [0.2, 0.25) is 5.02 Å². The van der Waals surface area contributed by atoms with E-state index in [1.165, 1.54) is 24.8 Å². The molecule has 194 valence electrons. The SMILES string of the molecule is Oc1cc(N2CCc3c(nc(OC[C@@H]4CCCN4)nc3N3CC4CCC(C3)N4)C2)c2ccccc2c1Cl. The van der Waals surface area contributed by atoms with Crippen LogP contribution in [0.25, 0.3) is 10.8 Å². The first-order valence-electron chi connectivity index (χ1n) is 13.5. The second-order valence-electron chi connectivity index (χ2n) is 10.8. The van der Waals surface area contributed by atoms with E-state index in [4.69, 9.17) is 26.3 Å². The average Bonchev–Trinajstić information content (AvgIpc) is 3.57. The van der Waals surface area contributed by atoms with Gasteiger partial charge in [-0.15, -0.1) is 0 Å². The molecule has 5 heterocycles. The van der Waals surface area contributed by atoms with Crippen molar-refractivity contribution in [3.8, 4) is 11.8 Å². The number of rotatable bonds is 5. The number of anilines is 2. The van der Waals surface area contributed by atoms with Crippen molar-refractivity contribution < 1.29 is 9.84 Å². The predicted molar refractivity (Wildman–Crippen MR) is 146 cm³/mol. The molecule has 1 aromatic heterocycles. The molecule has 0 aliphatic carbocycles. The number of benzene rings is 2. The molecule has 0 radical (unpaired) electrons. The molecule has 3 atom stereocenters. The van der Waals surface area contributed by atoms with E-state index < -0.39 is 0 Å². The Hall–Kier alpha value is -2.81. The van der Waals surface area contributed by atoms with Gasteiger partial charge in [-0.2, -0.15) is 9.97 Å². The van der Waals surface area contributed by atoms with Gasteiger partial charge in [0.1, 0.15) is 18.2 Å². The monoisotopic (exact) mass is 520 g/mol. The minimum atomic E-state index is 0.105. The Labute approximate surface area is 222 Å². The Balaban J connectivity index is 1.24. The number of nitrogens with zero attached hydrogens (tertiary/aromatic N) is 4. The summed E-state index contributed by atoms with van der Waals surface area (Å²) in [7, 11) is 0. The van der Waals surface area contributed by atoms with E-state index in [0.717, 1.165) is 67.0 Å². The van der Waals surface area contributed by atoms with Crippen molar-refractivity contribution in [2.24, 2.45) is 0 Å². The lowest BCUT2D eigenvalue weighted by atomic mass is 10.0. The Bertz CT molecular complexity index is 1320. The highest BCUT2D eigenvalue weighted by atomic mass is 35.5. The van der Waals surface area contributed by atoms with Crippen LogP contribution < -0.4 is 25.2 Å². The van der Waals surface area contributed by atoms with E-state index >= 15 is 0 Å². The Kier molecular flexibility index (Phi) is 5.98. The molecule has 2 bridgehead atoms. The van der Waals surface area contributed by atoms with Crippen molar-refractivity contribution in [1.82, 2.24) is 20.6 Å². The van der Waals surface area contributed by atoms with Crippen molar-refractivity contribution >= 4 is 33.9 Å². The highest BCUT2D eigenvalue weighted by Crippen LogP contribution is 2.41. The minimum absolute atomic E-state index is 0.105. The average molecular weight is 521 g/mol. The number of ether oxygens (including phenoxy) is 1. The lowest BCUT2D eigenvalue weighted by Crippen LogP contribution is -2.52. The van der Waals surface area contributed by atoms with Gasteiger partial charge in [0.2, 0.25) is 0 Å². The summed E-state index contributed by atoms with van der Waals surface area (Å²) in [4.78, 5) is 14.7. The third-order valence-corrected chi connectivity index (χ3v) is 8.79. The Morgan fingerprint density at radius 2 is 1.86 bits per heavy atom. The molecule has 3 N–H and O–H groups in total. The lowest BCUT2D eigenvalue weighted by Gasteiger charge is -2.37. The van der Waals surface area contributed by atoms with Crippen LogP contribution in [0, 0.1) is 0 Å². The number of fused-ring (bicyclic) bond motifs is 4. The van der Waals surface area contributed by atoms with Crippen molar-refractivity contribution in [1.29, 1.82) is 0 Å². The van der Waals surface area contributed by atoms with Crippen molar-refractivity contribution in [3.05, 3.63) is 46.6 Å². The summed E-state index contributed by atoms with van der Waals surface area (Å²) in [5.41, 5.74) is 3.21. The first kappa shape index (κ1) is 23.3. The zero-order chi connectivity index (χ0) is 24.9. The van der Waals surface area contributed by atoms with E-state index in [1.54, 1.807) is 6.07 Å². The van der Waals surface area contributed by atoms with Gasteiger partial charge in [-0.25, -0.2) is 0 Å². The first-order chi connectivity index (χ1) is 18.1. The van der Waals surface area contributed by atoms with Gasteiger partial charge < -0.3 is 30.3 Å². The lowest BCUT2D eigenvalue weighted by molar-refractivity contribution is 0.255. The maximum Gasteiger partial charge on any atom is 0.318 e. The first-order valence-corrected chi connectivity index (χ1v) is 13.9. The summed E-state index contributed by atoms with van der Waals surface area (Å²) >= 11 is 6.44. The highest BCUT2D eigenvalue weighted by Gasteiger charge is 2.35. The molecule has 0 amide bonds. The number of aromatic nitrogens is 2. The normalized spacial score (nSPS) is 25.1. The summed E-state index contributed by atoms with van der Waals surface area (Å²) in [5.74, 6) is 1.15. The second-order valence-corrected chi connectivity index (χ2v) is 11.2. The van der Waals surface area contributed by atoms with E-state index in [-0.39, 0.29) is 5.75 Å². The van der Waals surface area contributed by atoms with Gasteiger partial charge >= 0.3 is 6.01 Å². The Morgan fingerprint density at radius 1 is 1.05 bits per heavy atom. The highest BCUT2D eigenvalue weighted by molar-refractivity contribution is 6.37. The van der Waals surface area contributed by atoms with E-state index in [2.05, 4.69) is 26.5 Å². The maximum absolute atomic E-state index is 10.6. The van der Waals surface area contributed by atoms with Crippen molar-refractivity contribution in [3.63, 3.8) is 0 Å². The van der Waals surface area contributed by atoms with Crippen LogP contribution in [-0.2, 0) is 13.0 Å². The molecule has 8 nitrogen and oxygen atoms in total. The molecular formula is C28H33ClN6O2. The number of phenols is 1. The Morgan fingerprint density at radius 3 is 2.65 bits per heavy atom. The fraction of sp³-hybridized carbons (Fsp3) is 0.500. The molecule has 0 saturated carbocycles. The zero-order valence-electron chi connectivity index (χ0n) is 20.9. The molecular weight excluding hydrogens is 488 g/mol. The third kappa shape index (κ3) is 4.35. The minimum Gasteiger partial charge on any atom is -0.506 e. The van der Waals surface area contributed by atoms with Gasteiger partial charge in [0.25, 0.3) is 0 Å². The van der Waals surface area contributed by atoms with Crippen molar-refractivity contribution in [2.75, 3.05) is 42.6 Å². The number of piperazine rings is 1. The number of aromatic hydroxyl groups is 1. The van der Waals surface area contributed by atoms with Gasteiger partial charge in [0, 0.05) is 65.8 Å². The molecule has 9 heteroatoms. The fourth-order valence-electron chi connectivity index (χ4n) is 6.53. The van der Waals surface area contributed by atoms with Crippen LogP contribution in [0.4, 0.5) is 11.5 Å². The number of phenolic OH excluding ortho intramolecular Hbond substituents is 1. The molecule has 3 fully saturated rings. The summed E-state index contributed by atoms with van der Waals surface area (Å²) in [6.07, 6.45) is 5.61. The fourth-order valence-corrected chi connectivity index (χ4v) is 6.75. The van der Waals surface area contributed by atoms with E-state index in [1.807, 2.05) is 18.2 Å². The third-order valence-electron chi connectivity index (χ3n) is 8.39. The van der Waals surface area contributed by atoms with Gasteiger partial charge in [-0.05, 0) is 38.6 Å². The van der Waals surface area contributed by atoms with Crippen molar-refractivity contribution in [2.45, 2.75) is 56.8 Å². The topological polar surface area (TPSA) is 85.8 Å². The van der Waals surface area contributed by atoms with Gasteiger partial charge in [-0.1, -0.05) is 35.9 Å². The number of hydrogen-bond acceptors (Lipinski definition) is 8. The molecule has 3 saturated heterocycles. The van der Waals surface area contributed by atoms with E-state index in [0.29, 0.717) is 42.3 Å². The quantitative estimate of drug-likeness (QED) is 0.470. The zero-order valence-corrected chi connectivity index (χ0v) is 21.7. The maximum atomic E-state index is 10.6. The smallest absolute Gasteiger partial charge is 0.318 e. The van der Waals surface area contributed by atoms with Gasteiger partial charge in [-0.3, -0.25) is 0 Å². The molecule has 0 spiro atoms. The number of hydrogen-bond donors (Lipinski definition) is 3. The van der Waals surface area contributed by atoms with Gasteiger partial charge in [0.05, 0.1) is 17.3 Å². The van der Waals surface area contributed by atoms with Crippen LogP contribution in [0.5, 0.6) is 11.8 Å². The molecule has 4 aliphatic rings. The standard InChI is InChI=1S/C28H33ClN6O2/c29-26-21-6-2-1-5-20(21)24(12-25(26)36)34-11-9-22-23(15-34)32-28(37-16-19-4-3-10-30-19)33-27(22)35-13-17-7-8-18(14-35)31-17/h1-2,5-6,12,17-19,30-31,36H,3-4,7-11,13-16H2/t17?,18?,19-/m0/s1. The largest absolute Gasteiger partial charge is 0.506 e. The van der Waals surface area contributed by atoms with E-state index in [9.17, 15) is 5.11 Å². The molecule has 2 unspecified atom stereocenters. The van der Waals surface area contributed by atoms with Crippen LogP contribution in [0.15, 0.2) is 30.3 Å². The van der Waals surface area contributed by atoms with Crippen LogP contribution in [-0.4, -0.2) is 66.0 Å². The molecule has 4 aliphatic heterocycles. The number of nitrogens with one attached hydrogen (secondary N) is 2. The van der Waals surface area contributed by atoms with Gasteiger partial charge in [0.15, 0.2) is 0 Å². The molecule has 3 aromatic rings. The molecule has 37 heavy (non-hydrogen) atoms. The summed E-state index contributed by atoms with van der Waals surface area (Å²) < 4.78 is 6.20. The summed E-state index contributed by atoms with van der Waals surface area (Å²) in [5, 5.41) is 20.1. The summed E-state index contributed by atoms with van der Waals surface area (Å²) in [6, 6.07) is 11.7. The van der Waals surface area contributed by atoms with Crippen LogP contribution in [0.3, 0.4) is 0 Å². The van der Waals surface area contributed by atoms with Crippen LogP contribution >= 0.6 is 11.6 Å². The summed E-state index contributed by atoms with van der Waals surface area (Å²) in [6.45, 7) is 5.04. The van der Waals surface area contributed by atoms with Crippen LogP contribution in [0.1, 0.15) is 36.9 Å². The predicted octanol–water partition coefficient (Wildman–Crippen LogP) is 3.62.